The molecule has 1 aromatic carbocycles. The number of hydrogen-bond donors (Lipinski definition) is 1. The van der Waals surface area contributed by atoms with Gasteiger partial charge in [0.2, 0.25) is 5.89 Å². The minimum atomic E-state index is 0.214. The van der Waals surface area contributed by atoms with Gasteiger partial charge in [0, 0.05) is 11.5 Å². The standard InChI is InChI=1S/C18H22N6O/c1-12(2)18-19-15(23-25-18)11-24-10-6-9-14(24)17-20-16(21-22-17)13-7-4-3-5-8-13/h3-5,7-8,12,14H,6,9-11H2,1-2H3,(H,20,21,22). The first kappa shape index (κ1) is 16.0. The molecule has 1 aliphatic rings. The van der Waals surface area contributed by atoms with E-state index in [2.05, 4.69) is 39.1 Å². The van der Waals surface area contributed by atoms with Crippen LogP contribution in [0.2, 0.25) is 0 Å². The van der Waals surface area contributed by atoms with Crippen molar-refractivity contribution in [2.75, 3.05) is 6.54 Å². The monoisotopic (exact) mass is 338 g/mol. The quantitative estimate of drug-likeness (QED) is 0.768. The lowest BCUT2D eigenvalue weighted by atomic mass is 10.2. The summed E-state index contributed by atoms with van der Waals surface area (Å²) < 4.78 is 5.32. The molecule has 2 aromatic heterocycles. The van der Waals surface area contributed by atoms with Gasteiger partial charge in [0.15, 0.2) is 11.6 Å². The molecule has 25 heavy (non-hydrogen) atoms. The number of rotatable bonds is 5. The van der Waals surface area contributed by atoms with Crippen LogP contribution in [0.4, 0.5) is 0 Å². The van der Waals surface area contributed by atoms with Gasteiger partial charge >= 0.3 is 0 Å². The highest BCUT2D eigenvalue weighted by Gasteiger charge is 2.30. The molecule has 7 heteroatoms. The molecular formula is C18H22N6O. The summed E-state index contributed by atoms with van der Waals surface area (Å²) >= 11 is 0. The zero-order chi connectivity index (χ0) is 17.2. The molecule has 1 fully saturated rings. The van der Waals surface area contributed by atoms with E-state index in [0.29, 0.717) is 12.4 Å². The molecule has 0 aliphatic carbocycles. The lowest BCUT2D eigenvalue weighted by molar-refractivity contribution is 0.230. The van der Waals surface area contributed by atoms with E-state index in [9.17, 15) is 0 Å². The minimum absolute atomic E-state index is 0.214. The number of H-pyrrole nitrogens is 1. The Hall–Kier alpha value is -2.54. The first-order valence-electron chi connectivity index (χ1n) is 8.75. The summed E-state index contributed by atoms with van der Waals surface area (Å²) in [7, 11) is 0. The van der Waals surface area contributed by atoms with Crippen LogP contribution in [0.5, 0.6) is 0 Å². The van der Waals surface area contributed by atoms with Crippen LogP contribution in [0.15, 0.2) is 34.9 Å². The predicted molar refractivity (Wildman–Crippen MR) is 92.6 cm³/mol. The van der Waals surface area contributed by atoms with Gasteiger partial charge in [-0.2, -0.15) is 10.1 Å². The molecule has 4 rings (SSSR count). The van der Waals surface area contributed by atoms with Crippen LogP contribution >= 0.6 is 0 Å². The third-order valence-corrected chi connectivity index (χ3v) is 4.54. The zero-order valence-corrected chi connectivity index (χ0v) is 14.5. The smallest absolute Gasteiger partial charge is 0.229 e. The van der Waals surface area contributed by atoms with Gasteiger partial charge < -0.3 is 4.52 Å². The van der Waals surface area contributed by atoms with Crippen LogP contribution in [0.1, 0.15) is 56.2 Å². The van der Waals surface area contributed by atoms with E-state index in [4.69, 9.17) is 9.51 Å². The molecular weight excluding hydrogens is 316 g/mol. The maximum atomic E-state index is 5.32. The Kier molecular flexibility index (Phi) is 4.31. The summed E-state index contributed by atoms with van der Waals surface area (Å²) in [6, 6.07) is 10.2. The number of aromatic nitrogens is 5. The first-order chi connectivity index (χ1) is 12.2. The summed E-state index contributed by atoms with van der Waals surface area (Å²) in [5, 5.41) is 11.6. The fraction of sp³-hybridized carbons (Fsp3) is 0.444. The third-order valence-electron chi connectivity index (χ3n) is 4.54. The van der Waals surface area contributed by atoms with E-state index >= 15 is 0 Å². The van der Waals surface area contributed by atoms with Crippen molar-refractivity contribution < 1.29 is 4.52 Å². The molecule has 1 unspecified atom stereocenters. The van der Waals surface area contributed by atoms with Gasteiger partial charge in [-0.15, -0.1) is 0 Å². The molecule has 0 spiro atoms. The van der Waals surface area contributed by atoms with Crippen molar-refractivity contribution in [3.8, 4) is 11.4 Å². The van der Waals surface area contributed by atoms with Crippen LogP contribution in [-0.2, 0) is 6.54 Å². The van der Waals surface area contributed by atoms with Crippen molar-refractivity contribution in [3.05, 3.63) is 47.9 Å². The topological polar surface area (TPSA) is 83.7 Å². The molecule has 130 valence electrons. The number of likely N-dealkylation sites (tertiary alicyclic amines) is 1. The lowest BCUT2D eigenvalue weighted by Crippen LogP contribution is -2.24. The lowest BCUT2D eigenvalue weighted by Gasteiger charge is -2.20. The van der Waals surface area contributed by atoms with E-state index in [1.165, 1.54) is 0 Å². The number of benzene rings is 1. The van der Waals surface area contributed by atoms with E-state index in [1.807, 2.05) is 30.3 Å². The van der Waals surface area contributed by atoms with Gasteiger partial charge in [0.1, 0.15) is 5.82 Å². The van der Waals surface area contributed by atoms with Crippen molar-refractivity contribution in [3.63, 3.8) is 0 Å². The van der Waals surface area contributed by atoms with E-state index in [0.717, 1.165) is 42.4 Å². The molecule has 3 heterocycles. The molecule has 3 aromatic rings. The Bertz CT molecular complexity index is 825. The predicted octanol–water partition coefficient (Wildman–Crippen LogP) is 3.32. The SMILES string of the molecule is CC(C)c1nc(CN2CCCC2c2nc(-c3ccccc3)n[nH]2)no1. The second-order valence-electron chi connectivity index (χ2n) is 6.74. The average molecular weight is 338 g/mol. The highest BCUT2D eigenvalue weighted by Crippen LogP contribution is 2.31. The summed E-state index contributed by atoms with van der Waals surface area (Å²) in [5.74, 6) is 3.32. The zero-order valence-electron chi connectivity index (χ0n) is 14.5. The Labute approximate surface area is 146 Å². The number of nitrogens with zero attached hydrogens (tertiary/aromatic N) is 5. The second-order valence-corrected chi connectivity index (χ2v) is 6.74. The molecule has 0 radical (unpaired) electrons. The van der Waals surface area contributed by atoms with Gasteiger partial charge in [-0.25, -0.2) is 4.98 Å². The van der Waals surface area contributed by atoms with Crippen molar-refractivity contribution in [1.29, 1.82) is 0 Å². The molecule has 0 bridgehead atoms. The van der Waals surface area contributed by atoms with Crippen molar-refractivity contribution in [2.24, 2.45) is 0 Å². The molecule has 1 N–H and O–H groups in total. The van der Waals surface area contributed by atoms with Crippen LogP contribution in [-0.4, -0.2) is 36.8 Å². The summed E-state index contributed by atoms with van der Waals surface area (Å²) in [5.41, 5.74) is 1.02. The van der Waals surface area contributed by atoms with Crippen LogP contribution < -0.4 is 0 Å². The van der Waals surface area contributed by atoms with Crippen LogP contribution in [0, 0.1) is 0 Å². The first-order valence-corrected chi connectivity index (χ1v) is 8.75. The second kappa shape index (κ2) is 6.76. The maximum Gasteiger partial charge on any atom is 0.229 e. The van der Waals surface area contributed by atoms with Gasteiger partial charge in [0.25, 0.3) is 0 Å². The van der Waals surface area contributed by atoms with Gasteiger partial charge in [0.05, 0.1) is 12.6 Å². The van der Waals surface area contributed by atoms with Gasteiger partial charge in [-0.3, -0.25) is 10.00 Å². The van der Waals surface area contributed by atoms with Crippen molar-refractivity contribution in [1.82, 2.24) is 30.2 Å². The van der Waals surface area contributed by atoms with Crippen LogP contribution in [0.3, 0.4) is 0 Å². The molecule has 0 amide bonds. The molecule has 7 nitrogen and oxygen atoms in total. The fourth-order valence-corrected chi connectivity index (χ4v) is 3.21. The summed E-state index contributed by atoms with van der Waals surface area (Å²) in [4.78, 5) is 11.5. The summed E-state index contributed by atoms with van der Waals surface area (Å²) in [6.45, 7) is 5.77. The van der Waals surface area contributed by atoms with Crippen LogP contribution in [0.25, 0.3) is 11.4 Å². The number of hydrogen-bond acceptors (Lipinski definition) is 6. The Morgan fingerprint density at radius 2 is 2.08 bits per heavy atom. The third kappa shape index (κ3) is 3.32. The highest BCUT2D eigenvalue weighted by atomic mass is 16.5. The number of aromatic amines is 1. The van der Waals surface area contributed by atoms with E-state index in [-0.39, 0.29) is 12.0 Å². The molecule has 1 atom stereocenters. The Balaban J connectivity index is 1.50. The Morgan fingerprint density at radius 1 is 1.24 bits per heavy atom. The van der Waals surface area contributed by atoms with E-state index in [1.54, 1.807) is 0 Å². The maximum absolute atomic E-state index is 5.32. The van der Waals surface area contributed by atoms with Crippen molar-refractivity contribution >= 4 is 0 Å². The highest BCUT2D eigenvalue weighted by molar-refractivity contribution is 5.53. The van der Waals surface area contributed by atoms with E-state index < -0.39 is 0 Å². The molecule has 0 saturated carbocycles. The fourth-order valence-electron chi connectivity index (χ4n) is 3.21. The van der Waals surface area contributed by atoms with Gasteiger partial charge in [-0.05, 0) is 19.4 Å². The van der Waals surface area contributed by atoms with Gasteiger partial charge in [-0.1, -0.05) is 49.3 Å². The largest absolute Gasteiger partial charge is 0.339 e. The Morgan fingerprint density at radius 3 is 2.84 bits per heavy atom. The van der Waals surface area contributed by atoms with Crippen molar-refractivity contribution in [2.45, 2.75) is 45.2 Å². The normalized spacial score (nSPS) is 18.3. The minimum Gasteiger partial charge on any atom is -0.339 e. The number of nitrogens with one attached hydrogen (secondary N) is 1. The average Bonchev–Trinajstić information content (AvgIpc) is 3.36. The molecule has 1 aliphatic heterocycles. The summed E-state index contributed by atoms with van der Waals surface area (Å²) in [6.07, 6.45) is 2.18. The molecule has 1 saturated heterocycles.